The smallest absolute Gasteiger partial charge is 0.264 e. The van der Waals surface area contributed by atoms with E-state index in [1.165, 1.54) is 17.7 Å². The molecule has 1 N–H and O–H groups in total. The van der Waals surface area contributed by atoms with Crippen LogP contribution in [0.4, 0.5) is 5.69 Å². The second-order valence-electron chi connectivity index (χ2n) is 8.29. The second-order valence-corrected chi connectivity index (χ2v) is 11.4. The number of benzene rings is 3. The summed E-state index contributed by atoms with van der Waals surface area (Å²) in [6.07, 6.45) is 0. The zero-order valence-corrected chi connectivity index (χ0v) is 22.2. The Bertz CT molecular complexity index is 1230. The van der Waals surface area contributed by atoms with Gasteiger partial charge in [-0.15, -0.1) is 0 Å². The van der Waals surface area contributed by atoms with Gasteiger partial charge in [0.1, 0.15) is 6.54 Å². The normalized spacial score (nSPS) is 14.4. The minimum atomic E-state index is -3.91. The van der Waals surface area contributed by atoms with Crippen molar-refractivity contribution in [2.24, 2.45) is 0 Å². The topological polar surface area (TPSA) is 79.0 Å². The van der Waals surface area contributed by atoms with Gasteiger partial charge in [0, 0.05) is 29.7 Å². The molecular weight excluding hydrogens is 577 g/mol. The Morgan fingerprint density at radius 3 is 2.34 bits per heavy atom. The van der Waals surface area contributed by atoms with Crippen LogP contribution in [0.1, 0.15) is 11.1 Å². The Morgan fingerprint density at radius 1 is 0.943 bits per heavy atom. The summed E-state index contributed by atoms with van der Waals surface area (Å²) in [5.41, 5.74) is 2.58. The van der Waals surface area contributed by atoms with Gasteiger partial charge in [0.05, 0.1) is 23.8 Å². The van der Waals surface area contributed by atoms with Crippen molar-refractivity contribution >= 4 is 44.2 Å². The summed E-state index contributed by atoms with van der Waals surface area (Å²) >= 11 is 2.16. The number of rotatable bonds is 9. The number of amides is 1. The first-order valence-corrected chi connectivity index (χ1v) is 13.9. The molecule has 0 bridgehead atoms. The van der Waals surface area contributed by atoms with Crippen LogP contribution >= 0.6 is 22.6 Å². The predicted octanol–water partition coefficient (Wildman–Crippen LogP) is 3.64. The maximum absolute atomic E-state index is 13.4. The molecule has 1 fully saturated rings. The molecule has 1 aliphatic rings. The quantitative estimate of drug-likeness (QED) is 0.377. The SMILES string of the molecule is O=C(CN(c1ccc(I)cc1)S(=O)(=O)c1ccccc1)NCc1cccc(CN2CCOCC2)c1. The van der Waals surface area contributed by atoms with Crippen LogP contribution in [-0.4, -0.2) is 52.1 Å². The molecule has 184 valence electrons. The molecule has 35 heavy (non-hydrogen) atoms. The number of hydrogen-bond donors (Lipinski definition) is 1. The fourth-order valence-electron chi connectivity index (χ4n) is 3.88. The average molecular weight is 605 g/mol. The molecule has 1 heterocycles. The molecule has 3 aromatic rings. The van der Waals surface area contributed by atoms with E-state index in [1.54, 1.807) is 30.3 Å². The average Bonchev–Trinajstić information content (AvgIpc) is 2.88. The van der Waals surface area contributed by atoms with E-state index in [9.17, 15) is 13.2 Å². The summed E-state index contributed by atoms with van der Waals surface area (Å²) in [5.74, 6) is -0.373. The molecule has 1 amide bonds. The van der Waals surface area contributed by atoms with E-state index in [-0.39, 0.29) is 17.3 Å². The molecule has 1 saturated heterocycles. The van der Waals surface area contributed by atoms with Crippen molar-refractivity contribution in [1.82, 2.24) is 10.2 Å². The molecule has 7 nitrogen and oxygen atoms in total. The summed E-state index contributed by atoms with van der Waals surface area (Å²) in [5, 5.41) is 2.88. The molecule has 0 atom stereocenters. The fourth-order valence-corrected chi connectivity index (χ4v) is 5.69. The van der Waals surface area contributed by atoms with Crippen LogP contribution in [0.5, 0.6) is 0 Å². The predicted molar refractivity (Wildman–Crippen MR) is 145 cm³/mol. The van der Waals surface area contributed by atoms with Crippen LogP contribution in [0.25, 0.3) is 0 Å². The van der Waals surface area contributed by atoms with E-state index < -0.39 is 10.0 Å². The summed E-state index contributed by atoms with van der Waals surface area (Å²) in [4.78, 5) is 15.4. The van der Waals surface area contributed by atoms with Gasteiger partial charge in [-0.25, -0.2) is 8.42 Å². The number of carbonyl (C=O) groups excluding carboxylic acids is 1. The van der Waals surface area contributed by atoms with Crippen molar-refractivity contribution in [3.05, 3.63) is 93.6 Å². The first-order chi connectivity index (χ1) is 16.9. The van der Waals surface area contributed by atoms with Gasteiger partial charge in [0.25, 0.3) is 10.0 Å². The Balaban J connectivity index is 1.45. The van der Waals surface area contributed by atoms with Crippen LogP contribution in [0.2, 0.25) is 0 Å². The Kier molecular flexibility index (Phi) is 8.77. The molecule has 4 rings (SSSR count). The lowest BCUT2D eigenvalue weighted by Crippen LogP contribution is -2.40. The maximum Gasteiger partial charge on any atom is 0.264 e. The Morgan fingerprint density at radius 2 is 1.63 bits per heavy atom. The highest BCUT2D eigenvalue weighted by atomic mass is 127. The van der Waals surface area contributed by atoms with Crippen molar-refractivity contribution in [2.45, 2.75) is 18.0 Å². The van der Waals surface area contributed by atoms with Gasteiger partial charge in [0.2, 0.25) is 5.91 Å². The molecule has 3 aromatic carbocycles. The molecule has 0 radical (unpaired) electrons. The molecule has 9 heteroatoms. The zero-order chi connectivity index (χ0) is 24.7. The second kappa shape index (κ2) is 12.0. The number of nitrogens with one attached hydrogen (secondary N) is 1. The van der Waals surface area contributed by atoms with Crippen LogP contribution in [0.3, 0.4) is 0 Å². The van der Waals surface area contributed by atoms with E-state index in [4.69, 9.17) is 4.74 Å². The number of carbonyl (C=O) groups is 1. The van der Waals surface area contributed by atoms with Crippen molar-refractivity contribution < 1.29 is 17.9 Å². The van der Waals surface area contributed by atoms with E-state index >= 15 is 0 Å². The van der Waals surface area contributed by atoms with Crippen molar-refractivity contribution in [3.8, 4) is 0 Å². The molecule has 1 aliphatic heterocycles. The van der Waals surface area contributed by atoms with Gasteiger partial charge in [-0.1, -0.05) is 42.5 Å². The highest BCUT2D eigenvalue weighted by molar-refractivity contribution is 14.1. The molecule has 0 aromatic heterocycles. The third kappa shape index (κ3) is 7.03. The highest BCUT2D eigenvalue weighted by Crippen LogP contribution is 2.24. The number of nitrogens with zero attached hydrogens (tertiary/aromatic N) is 2. The number of halogens is 1. The van der Waals surface area contributed by atoms with E-state index in [0.717, 1.165) is 46.3 Å². The summed E-state index contributed by atoms with van der Waals surface area (Å²) in [6, 6.07) is 23.3. The van der Waals surface area contributed by atoms with Gasteiger partial charge >= 0.3 is 0 Å². The standard InChI is InChI=1S/C26H28IN3O4S/c27-23-9-11-24(12-10-23)30(35(32,33)25-7-2-1-3-8-25)20-26(31)28-18-21-5-4-6-22(17-21)19-29-13-15-34-16-14-29/h1-12,17H,13-16,18-20H2,(H,28,31). The lowest BCUT2D eigenvalue weighted by molar-refractivity contribution is -0.119. The third-order valence-electron chi connectivity index (χ3n) is 5.72. The number of ether oxygens (including phenoxy) is 1. The summed E-state index contributed by atoms with van der Waals surface area (Å²) in [7, 11) is -3.91. The maximum atomic E-state index is 13.4. The number of morpholine rings is 1. The first-order valence-electron chi connectivity index (χ1n) is 11.4. The fraction of sp³-hybridized carbons (Fsp3) is 0.269. The third-order valence-corrected chi connectivity index (χ3v) is 8.23. The number of anilines is 1. The van der Waals surface area contributed by atoms with Gasteiger partial charge < -0.3 is 10.1 Å². The minimum absolute atomic E-state index is 0.141. The molecular formula is C26H28IN3O4S. The van der Waals surface area contributed by atoms with Gasteiger partial charge in [-0.2, -0.15) is 0 Å². The zero-order valence-electron chi connectivity index (χ0n) is 19.3. The number of sulfonamides is 1. The van der Waals surface area contributed by atoms with Crippen molar-refractivity contribution in [1.29, 1.82) is 0 Å². The molecule has 0 aliphatic carbocycles. The largest absolute Gasteiger partial charge is 0.379 e. The van der Waals surface area contributed by atoms with Gasteiger partial charge in [0.15, 0.2) is 0 Å². The summed E-state index contributed by atoms with van der Waals surface area (Å²) in [6.45, 7) is 4.15. The first kappa shape index (κ1) is 25.6. The lowest BCUT2D eigenvalue weighted by Gasteiger charge is -2.26. The molecule has 0 saturated carbocycles. The minimum Gasteiger partial charge on any atom is -0.379 e. The summed E-state index contributed by atoms with van der Waals surface area (Å²) < 4.78 is 34.3. The monoisotopic (exact) mass is 605 g/mol. The van der Waals surface area contributed by atoms with E-state index in [1.807, 2.05) is 24.3 Å². The van der Waals surface area contributed by atoms with E-state index in [2.05, 4.69) is 44.9 Å². The van der Waals surface area contributed by atoms with Crippen LogP contribution in [0, 0.1) is 3.57 Å². The van der Waals surface area contributed by atoms with Gasteiger partial charge in [-0.3, -0.25) is 14.0 Å². The molecule has 0 unspecified atom stereocenters. The van der Waals surface area contributed by atoms with E-state index in [0.29, 0.717) is 12.2 Å². The van der Waals surface area contributed by atoms with Crippen LogP contribution < -0.4 is 9.62 Å². The Hall–Kier alpha value is -2.47. The van der Waals surface area contributed by atoms with Crippen molar-refractivity contribution in [2.75, 3.05) is 37.2 Å². The van der Waals surface area contributed by atoms with Crippen LogP contribution in [-0.2, 0) is 32.6 Å². The number of hydrogen-bond acceptors (Lipinski definition) is 5. The Labute approximate surface area is 220 Å². The molecule has 0 spiro atoms. The van der Waals surface area contributed by atoms with Crippen molar-refractivity contribution in [3.63, 3.8) is 0 Å². The van der Waals surface area contributed by atoms with Crippen LogP contribution in [0.15, 0.2) is 83.8 Å². The van der Waals surface area contributed by atoms with Gasteiger partial charge in [-0.05, 0) is 70.1 Å². The highest BCUT2D eigenvalue weighted by Gasteiger charge is 2.27. The lowest BCUT2D eigenvalue weighted by atomic mass is 10.1.